The van der Waals surface area contributed by atoms with Crippen LogP contribution in [-0.2, 0) is 10.8 Å². The highest BCUT2D eigenvalue weighted by Crippen LogP contribution is 2.50. The van der Waals surface area contributed by atoms with Gasteiger partial charge in [0.05, 0.1) is 5.56 Å². The predicted octanol–water partition coefficient (Wildman–Crippen LogP) is 5.38. The zero-order chi connectivity index (χ0) is 24.7. The van der Waals surface area contributed by atoms with Gasteiger partial charge in [0.2, 0.25) is 0 Å². The summed E-state index contributed by atoms with van der Waals surface area (Å²) in [4.78, 5) is 29.2. The maximum absolute atomic E-state index is 13.3. The normalized spacial score (nSPS) is 19.7. The molecule has 2 aromatic rings. The van der Waals surface area contributed by atoms with Gasteiger partial charge in [0.25, 0.3) is 0 Å². The molecule has 5 heteroatoms. The number of benzene rings is 2. The van der Waals surface area contributed by atoms with Crippen molar-refractivity contribution >= 4 is 23.5 Å². The first-order valence-corrected chi connectivity index (χ1v) is 12.2. The lowest BCUT2D eigenvalue weighted by Gasteiger charge is -2.46. The minimum Gasteiger partial charge on any atom is -0.478 e. The Morgan fingerprint density at radius 2 is 1.50 bits per heavy atom. The van der Waals surface area contributed by atoms with E-state index in [1.54, 1.807) is 36.4 Å². The Labute approximate surface area is 203 Å². The molecule has 0 radical (unpaired) electrons. The molecule has 180 valence electrons. The third-order valence-corrected chi connectivity index (χ3v) is 7.61. The van der Waals surface area contributed by atoms with Crippen molar-refractivity contribution in [3.05, 3.63) is 70.3 Å². The topological polar surface area (TPSA) is 60.9 Å². The second kappa shape index (κ2) is 9.03. The van der Waals surface area contributed by atoms with Crippen LogP contribution in [0.2, 0.25) is 0 Å². The summed E-state index contributed by atoms with van der Waals surface area (Å²) in [6, 6.07) is 10.8. The molecule has 0 atom stereocenters. The summed E-state index contributed by atoms with van der Waals surface area (Å²) in [7, 11) is 2.16. The molecule has 1 saturated heterocycles. The Bertz CT molecular complexity index is 1120. The number of anilines is 1. The van der Waals surface area contributed by atoms with Crippen molar-refractivity contribution in [2.24, 2.45) is 0 Å². The number of aromatic carboxylic acids is 1. The smallest absolute Gasteiger partial charge is 0.335 e. The highest BCUT2D eigenvalue weighted by molar-refractivity contribution is 6.07. The van der Waals surface area contributed by atoms with E-state index < -0.39 is 5.97 Å². The zero-order valence-electron chi connectivity index (χ0n) is 21.0. The summed E-state index contributed by atoms with van der Waals surface area (Å²) in [6.45, 7) is 13.2. The minimum atomic E-state index is -0.956. The predicted molar refractivity (Wildman–Crippen MR) is 138 cm³/mol. The first-order chi connectivity index (χ1) is 16.0. The summed E-state index contributed by atoms with van der Waals surface area (Å²) in [5, 5.41) is 9.09. The quantitative estimate of drug-likeness (QED) is 0.479. The zero-order valence-corrected chi connectivity index (χ0v) is 21.0. The maximum Gasteiger partial charge on any atom is 0.335 e. The van der Waals surface area contributed by atoms with E-state index in [1.165, 1.54) is 16.8 Å². The molecule has 0 spiro atoms. The summed E-state index contributed by atoms with van der Waals surface area (Å²) in [6.07, 6.45) is 5.59. The van der Waals surface area contributed by atoms with E-state index >= 15 is 0 Å². The number of carboxylic acid groups (broad SMARTS) is 1. The number of hydrogen-bond donors (Lipinski definition) is 1. The monoisotopic (exact) mass is 460 g/mol. The van der Waals surface area contributed by atoms with Gasteiger partial charge in [0, 0.05) is 37.4 Å². The van der Waals surface area contributed by atoms with Crippen LogP contribution in [0.5, 0.6) is 0 Å². The standard InChI is InChI=1S/C29H36N2O3/c1-28(2)12-13-29(3,4)26-23(28)18-22(19-24(26)31-16-14-30(5)15-17-31)25(32)11-8-20-6-9-21(10-7-20)27(33)34/h6-11,18-19H,12-17H2,1-5H3,(H,33,34). The summed E-state index contributed by atoms with van der Waals surface area (Å²) in [5.74, 6) is -0.984. The largest absolute Gasteiger partial charge is 0.478 e. The van der Waals surface area contributed by atoms with Crippen LogP contribution < -0.4 is 4.90 Å². The number of ketones is 1. The van der Waals surface area contributed by atoms with Gasteiger partial charge in [-0.15, -0.1) is 0 Å². The number of carboxylic acids is 1. The van der Waals surface area contributed by atoms with Crippen LogP contribution in [0.1, 0.15) is 77.9 Å². The van der Waals surface area contributed by atoms with E-state index in [-0.39, 0.29) is 22.2 Å². The van der Waals surface area contributed by atoms with Crippen molar-refractivity contribution in [3.63, 3.8) is 0 Å². The second-order valence-electron chi connectivity index (χ2n) is 11.1. The second-order valence-corrected chi connectivity index (χ2v) is 11.1. The lowest BCUT2D eigenvalue weighted by molar-refractivity contribution is 0.0696. The van der Waals surface area contributed by atoms with Gasteiger partial charge in [-0.2, -0.15) is 0 Å². The molecule has 34 heavy (non-hydrogen) atoms. The lowest BCUT2D eigenvalue weighted by atomic mass is 9.62. The summed E-state index contributed by atoms with van der Waals surface area (Å²) < 4.78 is 0. The summed E-state index contributed by atoms with van der Waals surface area (Å²) in [5.41, 5.74) is 5.74. The molecule has 1 N–H and O–H groups in total. The molecule has 2 aliphatic rings. The van der Waals surface area contributed by atoms with Crippen LogP contribution in [0.4, 0.5) is 5.69 Å². The fourth-order valence-electron chi connectivity index (χ4n) is 5.20. The van der Waals surface area contributed by atoms with Crippen molar-refractivity contribution < 1.29 is 14.7 Å². The van der Waals surface area contributed by atoms with E-state index in [0.717, 1.165) is 50.1 Å². The Kier molecular flexibility index (Phi) is 6.43. The van der Waals surface area contributed by atoms with Gasteiger partial charge >= 0.3 is 5.97 Å². The maximum atomic E-state index is 13.3. The molecule has 5 nitrogen and oxygen atoms in total. The molecule has 1 fully saturated rings. The first kappa shape index (κ1) is 24.2. The molecule has 2 aromatic carbocycles. The molecule has 0 bridgehead atoms. The van der Waals surface area contributed by atoms with E-state index in [1.807, 2.05) is 0 Å². The van der Waals surface area contributed by atoms with Crippen LogP contribution in [0.15, 0.2) is 42.5 Å². The van der Waals surface area contributed by atoms with Crippen molar-refractivity contribution in [1.29, 1.82) is 0 Å². The summed E-state index contributed by atoms with van der Waals surface area (Å²) >= 11 is 0. The van der Waals surface area contributed by atoms with Crippen LogP contribution in [-0.4, -0.2) is 55.0 Å². The van der Waals surface area contributed by atoms with Crippen LogP contribution in [0.25, 0.3) is 6.08 Å². The first-order valence-electron chi connectivity index (χ1n) is 12.2. The number of allylic oxidation sites excluding steroid dienone is 1. The Morgan fingerprint density at radius 3 is 2.12 bits per heavy atom. The molecule has 1 heterocycles. The van der Waals surface area contributed by atoms with E-state index in [0.29, 0.717) is 0 Å². The number of nitrogens with zero attached hydrogens (tertiary/aromatic N) is 2. The Morgan fingerprint density at radius 1 is 0.882 bits per heavy atom. The number of fused-ring (bicyclic) bond motifs is 1. The van der Waals surface area contributed by atoms with Gasteiger partial charge in [-0.05, 0) is 77.8 Å². The number of carbonyl (C=O) groups excluding carboxylic acids is 1. The fraction of sp³-hybridized carbons (Fsp3) is 0.448. The fourth-order valence-corrected chi connectivity index (χ4v) is 5.20. The highest BCUT2D eigenvalue weighted by Gasteiger charge is 2.40. The third-order valence-electron chi connectivity index (χ3n) is 7.61. The molecular weight excluding hydrogens is 424 g/mol. The molecule has 0 amide bonds. The molecule has 4 rings (SSSR count). The van der Waals surface area contributed by atoms with E-state index in [2.05, 4.69) is 56.7 Å². The van der Waals surface area contributed by atoms with Crippen molar-refractivity contribution in [2.75, 3.05) is 38.1 Å². The number of hydrogen-bond acceptors (Lipinski definition) is 4. The average molecular weight is 461 g/mol. The molecular formula is C29H36N2O3. The van der Waals surface area contributed by atoms with Crippen molar-refractivity contribution in [3.8, 4) is 0 Å². The SMILES string of the molecule is CN1CCN(c2cc(C(=O)C=Cc3ccc(C(=O)O)cc3)cc3c2C(C)(C)CCC3(C)C)CC1. The number of likely N-dealkylation sites (N-methyl/N-ethyl adjacent to an activating group) is 1. The average Bonchev–Trinajstić information content (AvgIpc) is 2.80. The van der Waals surface area contributed by atoms with Crippen LogP contribution >= 0.6 is 0 Å². The van der Waals surface area contributed by atoms with Gasteiger partial charge in [-0.1, -0.05) is 45.9 Å². The molecule has 1 aliphatic carbocycles. The van der Waals surface area contributed by atoms with Crippen molar-refractivity contribution in [1.82, 2.24) is 4.90 Å². The van der Waals surface area contributed by atoms with Gasteiger partial charge in [-0.25, -0.2) is 4.79 Å². The van der Waals surface area contributed by atoms with E-state index in [9.17, 15) is 9.59 Å². The molecule has 0 aromatic heterocycles. The van der Waals surface area contributed by atoms with Gasteiger partial charge in [0.1, 0.15) is 0 Å². The number of piperazine rings is 1. The number of rotatable bonds is 5. The van der Waals surface area contributed by atoms with E-state index in [4.69, 9.17) is 5.11 Å². The highest BCUT2D eigenvalue weighted by atomic mass is 16.4. The van der Waals surface area contributed by atoms with Crippen LogP contribution in [0.3, 0.4) is 0 Å². The van der Waals surface area contributed by atoms with Gasteiger partial charge in [0.15, 0.2) is 5.78 Å². The Balaban J connectivity index is 1.73. The third kappa shape index (κ3) is 4.80. The minimum absolute atomic E-state index is 0.0127. The van der Waals surface area contributed by atoms with Gasteiger partial charge < -0.3 is 14.9 Å². The van der Waals surface area contributed by atoms with Crippen LogP contribution in [0, 0.1) is 0 Å². The Hall–Kier alpha value is -2.92. The molecule has 1 aliphatic heterocycles. The molecule has 0 unspecified atom stereocenters. The lowest BCUT2D eigenvalue weighted by Crippen LogP contribution is -2.46. The van der Waals surface area contributed by atoms with Crippen molar-refractivity contribution in [2.45, 2.75) is 51.4 Å². The number of carbonyl (C=O) groups is 2. The van der Waals surface area contributed by atoms with Gasteiger partial charge in [-0.3, -0.25) is 4.79 Å². The molecule has 0 saturated carbocycles.